The molecule has 1 aromatic rings. The van der Waals surface area contributed by atoms with E-state index in [4.69, 9.17) is 0 Å². The van der Waals surface area contributed by atoms with E-state index >= 15 is 0 Å². The van der Waals surface area contributed by atoms with Crippen LogP contribution in [0.15, 0.2) is 30.3 Å². The predicted molar refractivity (Wildman–Crippen MR) is 65.0 cm³/mol. The summed E-state index contributed by atoms with van der Waals surface area (Å²) in [5.74, 6) is -1.22. The van der Waals surface area contributed by atoms with Gasteiger partial charge in [-0.05, 0) is 12.0 Å². The zero-order chi connectivity index (χ0) is 13.2. The molecule has 1 aromatic carbocycles. The number of Topliss-reactive ketones (excluding diaryl/α,β-unsaturated/α-hetero) is 1. The molecule has 0 saturated heterocycles. The number of carbonyl (C=O) groups is 2. The van der Waals surface area contributed by atoms with Gasteiger partial charge in [-0.3, -0.25) is 4.79 Å². The van der Waals surface area contributed by atoms with E-state index in [1.807, 2.05) is 30.3 Å². The molecule has 2 atom stereocenters. The van der Waals surface area contributed by atoms with E-state index in [9.17, 15) is 14.7 Å². The van der Waals surface area contributed by atoms with Crippen molar-refractivity contribution in [2.75, 3.05) is 7.11 Å². The van der Waals surface area contributed by atoms with Gasteiger partial charge in [0, 0.05) is 18.8 Å². The number of methoxy groups -OCH3 is 1. The second kappa shape index (κ2) is 4.90. The van der Waals surface area contributed by atoms with E-state index in [-0.39, 0.29) is 18.1 Å². The first kappa shape index (κ1) is 12.8. The first-order valence-corrected chi connectivity index (χ1v) is 5.95. The number of esters is 1. The Balaban J connectivity index is 2.38. The van der Waals surface area contributed by atoms with Crippen molar-refractivity contribution in [2.45, 2.75) is 30.8 Å². The molecule has 4 nitrogen and oxygen atoms in total. The summed E-state index contributed by atoms with van der Waals surface area (Å²) in [6.07, 6.45) is 0.687. The standard InChI is InChI=1S/C14H16O4/c1-18-13(16)14(17)9-11(15)7-8-12(14)10-5-3-2-4-6-10/h2-6,12,17H,7-9H2,1H3. The van der Waals surface area contributed by atoms with Gasteiger partial charge >= 0.3 is 5.97 Å². The van der Waals surface area contributed by atoms with Crippen molar-refractivity contribution >= 4 is 11.8 Å². The average Bonchev–Trinajstić information content (AvgIpc) is 2.38. The van der Waals surface area contributed by atoms with Crippen molar-refractivity contribution in [2.24, 2.45) is 0 Å². The van der Waals surface area contributed by atoms with Gasteiger partial charge < -0.3 is 9.84 Å². The van der Waals surface area contributed by atoms with Gasteiger partial charge in [0.15, 0.2) is 5.60 Å². The Kier molecular flexibility index (Phi) is 3.48. The van der Waals surface area contributed by atoms with Gasteiger partial charge in [0.25, 0.3) is 0 Å². The smallest absolute Gasteiger partial charge is 0.338 e. The van der Waals surface area contributed by atoms with E-state index < -0.39 is 11.6 Å². The van der Waals surface area contributed by atoms with E-state index in [0.717, 1.165) is 5.56 Å². The maximum atomic E-state index is 11.8. The molecule has 1 saturated carbocycles. The number of carbonyl (C=O) groups excluding carboxylic acids is 2. The highest BCUT2D eigenvalue weighted by atomic mass is 16.5. The highest BCUT2D eigenvalue weighted by Gasteiger charge is 2.49. The fourth-order valence-corrected chi connectivity index (χ4v) is 2.58. The molecule has 0 radical (unpaired) electrons. The molecule has 18 heavy (non-hydrogen) atoms. The third kappa shape index (κ3) is 2.16. The largest absolute Gasteiger partial charge is 0.467 e. The van der Waals surface area contributed by atoms with Crippen molar-refractivity contribution in [3.8, 4) is 0 Å². The molecule has 0 spiro atoms. The summed E-state index contributed by atoms with van der Waals surface area (Å²) in [4.78, 5) is 23.3. The molecule has 0 heterocycles. The number of hydrogen-bond donors (Lipinski definition) is 1. The maximum absolute atomic E-state index is 11.8. The van der Waals surface area contributed by atoms with Gasteiger partial charge in [-0.1, -0.05) is 30.3 Å². The Morgan fingerprint density at radius 3 is 2.67 bits per heavy atom. The minimum atomic E-state index is -1.73. The lowest BCUT2D eigenvalue weighted by Gasteiger charge is -2.36. The van der Waals surface area contributed by atoms with Crippen LogP contribution >= 0.6 is 0 Å². The molecule has 2 rings (SSSR count). The molecule has 1 fully saturated rings. The SMILES string of the molecule is COC(=O)C1(O)CC(=O)CCC1c1ccccc1. The van der Waals surface area contributed by atoms with Gasteiger partial charge in [-0.25, -0.2) is 4.79 Å². The van der Waals surface area contributed by atoms with Gasteiger partial charge in [-0.2, -0.15) is 0 Å². The summed E-state index contributed by atoms with van der Waals surface area (Å²) in [6.45, 7) is 0. The lowest BCUT2D eigenvalue weighted by Crippen LogP contribution is -2.49. The average molecular weight is 248 g/mol. The molecule has 0 aliphatic heterocycles. The molecule has 0 bridgehead atoms. The molecule has 0 aromatic heterocycles. The summed E-state index contributed by atoms with van der Waals surface area (Å²) in [7, 11) is 1.22. The second-order valence-corrected chi connectivity index (χ2v) is 4.63. The van der Waals surface area contributed by atoms with Gasteiger partial charge in [0.05, 0.1) is 7.11 Å². The van der Waals surface area contributed by atoms with E-state index in [1.165, 1.54) is 7.11 Å². The maximum Gasteiger partial charge on any atom is 0.338 e. The third-order valence-electron chi connectivity index (χ3n) is 3.50. The predicted octanol–water partition coefficient (Wildman–Crippen LogP) is 1.43. The first-order valence-electron chi connectivity index (χ1n) is 5.95. The van der Waals surface area contributed by atoms with Crippen LogP contribution in [-0.2, 0) is 14.3 Å². The van der Waals surface area contributed by atoms with Crippen molar-refractivity contribution < 1.29 is 19.4 Å². The molecule has 1 aliphatic rings. The Hall–Kier alpha value is -1.68. The molecule has 1 N–H and O–H groups in total. The molecular weight excluding hydrogens is 232 g/mol. The van der Waals surface area contributed by atoms with Crippen molar-refractivity contribution in [3.05, 3.63) is 35.9 Å². The Bertz CT molecular complexity index is 454. The van der Waals surface area contributed by atoms with E-state index in [2.05, 4.69) is 4.74 Å². The first-order chi connectivity index (χ1) is 8.58. The van der Waals surface area contributed by atoms with Gasteiger partial charge in [-0.15, -0.1) is 0 Å². The van der Waals surface area contributed by atoms with Gasteiger partial charge in [0.2, 0.25) is 0 Å². The van der Waals surface area contributed by atoms with E-state index in [1.54, 1.807) is 0 Å². The normalized spacial score (nSPS) is 27.9. The van der Waals surface area contributed by atoms with Crippen LogP contribution in [0.4, 0.5) is 0 Å². The molecule has 2 unspecified atom stereocenters. The van der Waals surface area contributed by atoms with Crippen LogP contribution in [0.3, 0.4) is 0 Å². The Morgan fingerprint density at radius 2 is 2.06 bits per heavy atom. The van der Waals surface area contributed by atoms with Gasteiger partial charge in [0.1, 0.15) is 5.78 Å². The summed E-state index contributed by atoms with van der Waals surface area (Å²) in [6, 6.07) is 9.28. The van der Waals surface area contributed by atoms with E-state index in [0.29, 0.717) is 12.8 Å². The van der Waals surface area contributed by atoms with Crippen LogP contribution in [0.25, 0.3) is 0 Å². The van der Waals surface area contributed by atoms with Crippen molar-refractivity contribution in [3.63, 3.8) is 0 Å². The molecule has 4 heteroatoms. The van der Waals surface area contributed by atoms with Crippen molar-refractivity contribution in [1.29, 1.82) is 0 Å². The molecule has 96 valence electrons. The molecule has 0 amide bonds. The molecule has 1 aliphatic carbocycles. The highest BCUT2D eigenvalue weighted by Crippen LogP contribution is 2.40. The minimum absolute atomic E-state index is 0.102. The Labute approximate surface area is 106 Å². The van der Waals surface area contributed by atoms with Crippen LogP contribution in [0, 0.1) is 0 Å². The number of ketones is 1. The number of rotatable bonds is 2. The van der Waals surface area contributed by atoms with Crippen LogP contribution in [0.5, 0.6) is 0 Å². The van der Waals surface area contributed by atoms with Crippen LogP contribution < -0.4 is 0 Å². The monoisotopic (exact) mass is 248 g/mol. The Morgan fingerprint density at radius 1 is 1.39 bits per heavy atom. The fraction of sp³-hybridized carbons (Fsp3) is 0.429. The number of aliphatic hydroxyl groups is 1. The topological polar surface area (TPSA) is 63.6 Å². The number of benzene rings is 1. The van der Waals surface area contributed by atoms with Crippen LogP contribution in [-0.4, -0.2) is 29.6 Å². The van der Waals surface area contributed by atoms with Crippen LogP contribution in [0.2, 0.25) is 0 Å². The summed E-state index contributed by atoms with van der Waals surface area (Å²) >= 11 is 0. The highest BCUT2D eigenvalue weighted by molar-refractivity contribution is 5.91. The quantitative estimate of drug-likeness (QED) is 0.804. The zero-order valence-corrected chi connectivity index (χ0v) is 10.3. The minimum Gasteiger partial charge on any atom is -0.467 e. The fourth-order valence-electron chi connectivity index (χ4n) is 2.58. The van der Waals surface area contributed by atoms with Crippen LogP contribution in [0.1, 0.15) is 30.7 Å². The lowest BCUT2D eigenvalue weighted by atomic mass is 9.71. The summed E-state index contributed by atoms with van der Waals surface area (Å²) in [5.41, 5.74) is -0.872. The van der Waals surface area contributed by atoms with Crippen molar-refractivity contribution in [1.82, 2.24) is 0 Å². The number of ether oxygens (including phenoxy) is 1. The summed E-state index contributed by atoms with van der Waals surface area (Å²) < 4.78 is 4.65. The summed E-state index contributed by atoms with van der Waals surface area (Å²) in [5, 5.41) is 10.5. The zero-order valence-electron chi connectivity index (χ0n) is 10.3. The lowest BCUT2D eigenvalue weighted by molar-refractivity contribution is -0.170. The second-order valence-electron chi connectivity index (χ2n) is 4.63. The number of hydrogen-bond acceptors (Lipinski definition) is 4. The molecular formula is C14H16O4. The third-order valence-corrected chi connectivity index (χ3v) is 3.50.